The van der Waals surface area contributed by atoms with Gasteiger partial charge in [0.05, 0.1) is 11.4 Å². The summed E-state index contributed by atoms with van der Waals surface area (Å²) in [6, 6.07) is 8.29. The first-order valence-corrected chi connectivity index (χ1v) is 12.3. The quantitative estimate of drug-likeness (QED) is 0.183. The van der Waals surface area contributed by atoms with Crippen molar-refractivity contribution in [1.82, 2.24) is 18.7 Å². The summed E-state index contributed by atoms with van der Waals surface area (Å²) in [5.41, 5.74) is 1.63. The van der Waals surface area contributed by atoms with Crippen LogP contribution in [0.1, 0.15) is 28.9 Å². The van der Waals surface area contributed by atoms with Crippen LogP contribution in [0.4, 0.5) is 38.7 Å². The third-order valence-electron chi connectivity index (χ3n) is 4.72. The molecule has 0 aliphatic carbocycles. The number of nitrogens with zero attached hydrogens (tertiary/aromatic N) is 11. The number of rotatable bonds is 8. The molecule has 0 radical (unpaired) electrons. The van der Waals surface area contributed by atoms with Gasteiger partial charge in [0.15, 0.2) is 17.2 Å². The molecule has 2 aromatic carbocycles. The van der Waals surface area contributed by atoms with Crippen LogP contribution >= 0.6 is 23.1 Å². The van der Waals surface area contributed by atoms with Crippen molar-refractivity contribution < 1.29 is 9.90 Å². The first kappa shape index (κ1) is 25.7. The number of carbonyl (C=O) groups excluding carboxylic acids is 1. The molecule has 0 unspecified atom stereocenters. The predicted octanol–water partition coefficient (Wildman–Crippen LogP) is 7.23. The number of phenols is 1. The van der Waals surface area contributed by atoms with Crippen LogP contribution in [-0.2, 0) is 0 Å². The lowest BCUT2D eigenvalue weighted by Gasteiger charge is -2.18. The number of ketones is 1. The largest absolute Gasteiger partial charge is 0.504 e. The average Bonchev–Trinajstić information content (AvgIpc) is 3.48. The van der Waals surface area contributed by atoms with Crippen molar-refractivity contribution in [2.75, 3.05) is 19.0 Å². The van der Waals surface area contributed by atoms with Gasteiger partial charge in [0.25, 0.3) is 0 Å². The second-order valence-electron chi connectivity index (χ2n) is 7.78. The van der Waals surface area contributed by atoms with E-state index >= 15 is 0 Å². The molecule has 4 aromatic rings. The van der Waals surface area contributed by atoms with Crippen LogP contribution in [0.25, 0.3) is 0 Å². The summed E-state index contributed by atoms with van der Waals surface area (Å²) in [5, 5.41) is 37.1. The first-order chi connectivity index (χ1) is 17.7. The molecule has 0 spiro atoms. The number of carbonyl (C=O) groups is 1. The Bertz CT molecular complexity index is 1540. The molecule has 2 heterocycles. The Morgan fingerprint density at radius 1 is 0.838 bits per heavy atom. The molecule has 0 fully saturated rings. The molecule has 0 saturated carbocycles. The van der Waals surface area contributed by atoms with Crippen LogP contribution in [-0.4, -0.2) is 43.7 Å². The highest BCUT2D eigenvalue weighted by atomic mass is 32.1. The van der Waals surface area contributed by atoms with E-state index in [4.69, 9.17) is 0 Å². The lowest BCUT2D eigenvalue weighted by Crippen LogP contribution is -2.09. The van der Waals surface area contributed by atoms with E-state index in [0.29, 0.717) is 44.5 Å². The fraction of sp³-hybridized carbons (Fsp3) is 0.227. The minimum atomic E-state index is -0.288. The molecular weight excluding hydrogens is 514 g/mol. The van der Waals surface area contributed by atoms with Gasteiger partial charge in [-0.15, -0.1) is 30.7 Å². The summed E-state index contributed by atoms with van der Waals surface area (Å²) in [5.74, 6) is 0.691. The van der Waals surface area contributed by atoms with Gasteiger partial charge in [-0.25, -0.2) is 9.97 Å². The van der Waals surface area contributed by atoms with E-state index in [-0.39, 0.29) is 22.9 Å². The third-order valence-corrected chi connectivity index (χ3v) is 6.10. The summed E-state index contributed by atoms with van der Waals surface area (Å²) in [7, 11) is 3.53. The summed E-state index contributed by atoms with van der Waals surface area (Å²) >= 11 is 2.17. The molecular formula is C22H21N11O2S2. The second kappa shape index (κ2) is 11.1. The average molecular weight is 536 g/mol. The minimum Gasteiger partial charge on any atom is -0.504 e. The fourth-order valence-electron chi connectivity index (χ4n) is 3.12. The molecule has 188 valence electrons. The zero-order valence-electron chi connectivity index (χ0n) is 20.5. The molecule has 15 heteroatoms. The van der Waals surface area contributed by atoms with Crippen molar-refractivity contribution in [1.29, 1.82) is 0 Å². The van der Waals surface area contributed by atoms with Gasteiger partial charge in [-0.2, -0.15) is 8.75 Å². The molecule has 0 amide bonds. The Morgan fingerprint density at radius 2 is 1.41 bits per heavy atom. The van der Waals surface area contributed by atoms with E-state index < -0.39 is 0 Å². The van der Waals surface area contributed by atoms with Gasteiger partial charge in [0.2, 0.25) is 10.3 Å². The number of hydrogen-bond acceptors (Lipinski definition) is 15. The monoisotopic (exact) mass is 535 g/mol. The zero-order chi connectivity index (χ0) is 26.5. The SMILES string of the molecule is CC(=O)c1ccccc1N=Nc1cc(N=Nc2nc(C)ns2)c(N(C)C)c(N=Nc2nc(C)ns2)c1O. The van der Waals surface area contributed by atoms with E-state index in [2.05, 4.69) is 49.4 Å². The molecule has 0 aliphatic heterocycles. The van der Waals surface area contributed by atoms with Gasteiger partial charge in [-0.1, -0.05) is 12.1 Å². The number of azo groups is 3. The molecule has 0 aliphatic rings. The van der Waals surface area contributed by atoms with Gasteiger partial charge in [0.1, 0.15) is 23.0 Å². The van der Waals surface area contributed by atoms with E-state index in [0.717, 1.165) is 23.1 Å². The number of benzene rings is 2. The summed E-state index contributed by atoms with van der Waals surface area (Å²) in [4.78, 5) is 22.1. The van der Waals surface area contributed by atoms with Gasteiger partial charge in [-0.05, 0) is 39.0 Å². The molecule has 4 rings (SSSR count). The number of aromatic nitrogens is 4. The molecule has 37 heavy (non-hydrogen) atoms. The van der Waals surface area contributed by atoms with Crippen molar-refractivity contribution in [3.05, 3.63) is 47.5 Å². The van der Waals surface area contributed by atoms with E-state index in [1.807, 2.05) is 0 Å². The lowest BCUT2D eigenvalue weighted by molar-refractivity contribution is 0.101. The predicted molar refractivity (Wildman–Crippen MR) is 141 cm³/mol. The van der Waals surface area contributed by atoms with Crippen molar-refractivity contribution in [3.63, 3.8) is 0 Å². The molecule has 1 N–H and O–H groups in total. The number of anilines is 1. The number of phenolic OH excluding ortho intramolecular Hbond substituents is 1. The third kappa shape index (κ3) is 6.07. The summed E-state index contributed by atoms with van der Waals surface area (Å²) in [6.07, 6.45) is 0. The normalized spacial score (nSPS) is 11.8. The maximum atomic E-state index is 12.0. The molecule has 0 bridgehead atoms. The molecule has 0 atom stereocenters. The Balaban J connectivity index is 1.87. The standard InChI is InChI=1S/C22H21N11O2S2/c1-11(34)14-8-6-7-9-15(14)25-27-17-10-16(26-29-21-23-12(2)31-36-21)19(33(4)5)18(20(17)35)28-30-22-24-13(3)32-37-22/h6-10,35H,1-5H3. The lowest BCUT2D eigenvalue weighted by atomic mass is 10.1. The van der Waals surface area contributed by atoms with Gasteiger partial charge < -0.3 is 10.0 Å². The van der Waals surface area contributed by atoms with Crippen LogP contribution in [0.3, 0.4) is 0 Å². The van der Waals surface area contributed by atoms with E-state index in [9.17, 15) is 9.90 Å². The maximum absolute atomic E-state index is 12.0. The van der Waals surface area contributed by atoms with Gasteiger partial charge >= 0.3 is 0 Å². The van der Waals surface area contributed by atoms with Crippen LogP contribution in [0.5, 0.6) is 5.75 Å². The zero-order valence-corrected chi connectivity index (χ0v) is 22.1. The highest BCUT2D eigenvalue weighted by Crippen LogP contribution is 2.50. The molecule has 0 saturated heterocycles. The number of aromatic hydroxyl groups is 1. The van der Waals surface area contributed by atoms with E-state index in [1.54, 1.807) is 57.1 Å². The Hall–Kier alpha value is -4.37. The van der Waals surface area contributed by atoms with Crippen LogP contribution in [0.2, 0.25) is 0 Å². The molecule has 13 nitrogen and oxygen atoms in total. The Morgan fingerprint density at radius 3 is 1.97 bits per heavy atom. The number of aryl methyl sites for hydroxylation is 2. The summed E-state index contributed by atoms with van der Waals surface area (Å²) < 4.78 is 8.20. The van der Waals surface area contributed by atoms with Crippen LogP contribution in [0, 0.1) is 13.8 Å². The highest BCUT2D eigenvalue weighted by Gasteiger charge is 2.21. The van der Waals surface area contributed by atoms with Crippen molar-refractivity contribution in [3.8, 4) is 5.75 Å². The van der Waals surface area contributed by atoms with Crippen molar-refractivity contribution in [2.24, 2.45) is 30.7 Å². The smallest absolute Gasteiger partial charge is 0.249 e. The van der Waals surface area contributed by atoms with Gasteiger partial charge in [0, 0.05) is 42.7 Å². The minimum absolute atomic E-state index is 0.0498. The Labute approximate surface area is 219 Å². The van der Waals surface area contributed by atoms with Crippen molar-refractivity contribution >= 4 is 67.5 Å². The van der Waals surface area contributed by atoms with Gasteiger partial charge in [-0.3, -0.25) is 4.79 Å². The van der Waals surface area contributed by atoms with Crippen LogP contribution in [0.15, 0.2) is 61.0 Å². The first-order valence-electron chi connectivity index (χ1n) is 10.8. The topological polar surface area (TPSA) is 166 Å². The summed E-state index contributed by atoms with van der Waals surface area (Å²) in [6.45, 7) is 4.94. The Kier molecular flexibility index (Phi) is 7.74. The van der Waals surface area contributed by atoms with Crippen LogP contribution < -0.4 is 4.90 Å². The number of hydrogen-bond donors (Lipinski definition) is 1. The number of Topliss-reactive ketones (excluding diaryl/α,β-unsaturated/α-hetero) is 1. The second-order valence-corrected chi connectivity index (χ2v) is 9.24. The van der Waals surface area contributed by atoms with Crippen molar-refractivity contribution in [2.45, 2.75) is 20.8 Å². The fourth-order valence-corrected chi connectivity index (χ4v) is 4.13. The molecule has 2 aromatic heterocycles. The highest BCUT2D eigenvalue weighted by molar-refractivity contribution is 7.09. The van der Waals surface area contributed by atoms with E-state index in [1.165, 1.54) is 13.0 Å². The maximum Gasteiger partial charge on any atom is 0.249 e.